The number of benzene rings is 1. The van der Waals surface area contributed by atoms with Gasteiger partial charge >= 0.3 is 0 Å². The van der Waals surface area contributed by atoms with Crippen LogP contribution in [0.3, 0.4) is 0 Å². The largest absolute Gasteiger partial charge is 0.380 e. The van der Waals surface area contributed by atoms with Crippen LogP contribution in [-0.2, 0) is 0 Å². The minimum atomic E-state index is -0.0466. The Bertz CT molecular complexity index is 408. The highest BCUT2D eigenvalue weighted by Crippen LogP contribution is 2.23. The zero-order chi connectivity index (χ0) is 13.0. The SMILES string of the molecule is CNC(=O)c1ccc(NC2(C)CCNCC2)cc1. The van der Waals surface area contributed by atoms with Crippen molar-refractivity contribution in [2.45, 2.75) is 25.3 Å². The van der Waals surface area contributed by atoms with Crippen LogP contribution in [0.15, 0.2) is 24.3 Å². The second-order valence-corrected chi connectivity index (χ2v) is 5.09. The van der Waals surface area contributed by atoms with E-state index >= 15 is 0 Å². The van der Waals surface area contributed by atoms with E-state index in [4.69, 9.17) is 0 Å². The van der Waals surface area contributed by atoms with Crippen molar-refractivity contribution in [1.82, 2.24) is 10.6 Å². The van der Waals surface area contributed by atoms with Gasteiger partial charge in [0.05, 0.1) is 0 Å². The van der Waals surface area contributed by atoms with Crippen molar-refractivity contribution in [3.63, 3.8) is 0 Å². The first kappa shape index (κ1) is 12.9. The molecule has 1 aromatic rings. The van der Waals surface area contributed by atoms with E-state index in [9.17, 15) is 4.79 Å². The van der Waals surface area contributed by atoms with Crippen LogP contribution in [0.25, 0.3) is 0 Å². The number of carbonyl (C=O) groups excluding carboxylic acids is 1. The van der Waals surface area contributed by atoms with Gasteiger partial charge in [0.25, 0.3) is 5.91 Å². The summed E-state index contributed by atoms with van der Waals surface area (Å²) >= 11 is 0. The molecule has 0 spiro atoms. The highest BCUT2D eigenvalue weighted by atomic mass is 16.1. The molecule has 1 aliphatic heterocycles. The molecule has 1 amide bonds. The van der Waals surface area contributed by atoms with Crippen LogP contribution in [0.4, 0.5) is 5.69 Å². The molecule has 0 aliphatic carbocycles. The van der Waals surface area contributed by atoms with E-state index in [1.807, 2.05) is 24.3 Å². The lowest BCUT2D eigenvalue weighted by Crippen LogP contribution is -2.45. The van der Waals surface area contributed by atoms with E-state index in [-0.39, 0.29) is 11.4 Å². The maximum atomic E-state index is 11.4. The monoisotopic (exact) mass is 247 g/mol. The van der Waals surface area contributed by atoms with Gasteiger partial charge < -0.3 is 16.0 Å². The van der Waals surface area contributed by atoms with E-state index in [0.29, 0.717) is 5.56 Å². The van der Waals surface area contributed by atoms with Crippen molar-refractivity contribution in [2.75, 3.05) is 25.5 Å². The Kier molecular flexibility index (Phi) is 3.87. The molecule has 0 atom stereocenters. The third-order valence-corrected chi connectivity index (χ3v) is 3.53. The molecule has 1 aromatic carbocycles. The summed E-state index contributed by atoms with van der Waals surface area (Å²) in [7, 11) is 1.64. The number of hydrogen-bond acceptors (Lipinski definition) is 3. The third kappa shape index (κ3) is 3.01. The summed E-state index contributed by atoms with van der Waals surface area (Å²) in [5.74, 6) is -0.0466. The maximum Gasteiger partial charge on any atom is 0.251 e. The summed E-state index contributed by atoms with van der Waals surface area (Å²) < 4.78 is 0. The smallest absolute Gasteiger partial charge is 0.251 e. The Morgan fingerprint density at radius 3 is 2.39 bits per heavy atom. The zero-order valence-corrected chi connectivity index (χ0v) is 11.0. The van der Waals surface area contributed by atoms with Gasteiger partial charge in [0, 0.05) is 23.8 Å². The molecule has 18 heavy (non-hydrogen) atoms. The average molecular weight is 247 g/mol. The average Bonchev–Trinajstić information content (AvgIpc) is 2.39. The lowest BCUT2D eigenvalue weighted by atomic mass is 9.90. The van der Waals surface area contributed by atoms with Gasteiger partial charge in [-0.2, -0.15) is 0 Å². The number of carbonyl (C=O) groups is 1. The molecule has 0 unspecified atom stereocenters. The van der Waals surface area contributed by atoms with Crippen LogP contribution in [-0.4, -0.2) is 31.6 Å². The topological polar surface area (TPSA) is 53.2 Å². The van der Waals surface area contributed by atoms with Gasteiger partial charge in [-0.1, -0.05) is 0 Å². The van der Waals surface area contributed by atoms with Gasteiger partial charge in [-0.25, -0.2) is 0 Å². The maximum absolute atomic E-state index is 11.4. The Labute approximate surface area is 108 Å². The molecular weight excluding hydrogens is 226 g/mol. The number of anilines is 1. The molecule has 2 rings (SSSR count). The second kappa shape index (κ2) is 5.40. The van der Waals surface area contributed by atoms with Crippen molar-refractivity contribution in [3.05, 3.63) is 29.8 Å². The number of amides is 1. The lowest BCUT2D eigenvalue weighted by Gasteiger charge is -2.36. The van der Waals surface area contributed by atoms with Gasteiger partial charge in [-0.3, -0.25) is 4.79 Å². The first-order valence-corrected chi connectivity index (χ1v) is 6.44. The van der Waals surface area contributed by atoms with Crippen molar-refractivity contribution in [1.29, 1.82) is 0 Å². The number of piperidine rings is 1. The predicted octanol–water partition coefficient (Wildman–Crippen LogP) is 1.60. The van der Waals surface area contributed by atoms with Gasteiger partial charge in [0.15, 0.2) is 0 Å². The molecule has 1 heterocycles. The summed E-state index contributed by atoms with van der Waals surface area (Å²) in [6.45, 7) is 4.36. The summed E-state index contributed by atoms with van der Waals surface area (Å²) in [6, 6.07) is 7.65. The fraction of sp³-hybridized carbons (Fsp3) is 0.500. The molecule has 98 valence electrons. The highest BCUT2D eigenvalue weighted by molar-refractivity contribution is 5.94. The summed E-state index contributed by atoms with van der Waals surface area (Å²) in [6.07, 6.45) is 2.23. The van der Waals surface area contributed by atoms with Crippen molar-refractivity contribution in [2.24, 2.45) is 0 Å². The molecule has 0 bridgehead atoms. The molecule has 0 radical (unpaired) electrons. The second-order valence-electron chi connectivity index (χ2n) is 5.09. The quantitative estimate of drug-likeness (QED) is 0.760. The third-order valence-electron chi connectivity index (χ3n) is 3.53. The molecule has 0 aromatic heterocycles. The molecule has 3 N–H and O–H groups in total. The van der Waals surface area contributed by atoms with E-state index in [2.05, 4.69) is 22.9 Å². The van der Waals surface area contributed by atoms with Crippen LogP contribution < -0.4 is 16.0 Å². The highest BCUT2D eigenvalue weighted by Gasteiger charge is 2.26. The Morgan fingerprint density at radius 2 is 1.83 bits per heavy atom. The van der Waals surface area contributed by atoms with Gasteiger partial charge in [0.1, 0.15) is 0 Å². The molecular formula is C14H21N3O. The standard InChI is InChI=1S/C14H21N3O/c1-14(7-9-16-10-8-14)17-12-5-3-11(4-6-12)13(18)15-2/h3-6,16-17H,7-10H2,1-2H3,(H,15,18). The number of rotatable bonds is 3. The number of hydrogen-bond donors (Lipinski definition) is 3. The summed E-state index contributed by atoms with van der Waals surface area (Å²) in [5, 5.41) is 9.56. The normalized spacial score (nSPS) is 18.1. The predicted molar refractivity (Wildman–Crippen MR) is 74.0 cm³/mol. The van der Waals surface area contributed by atoms with Gasteiger partial charge in [-0.15, -0.1) is 0 Å². The lowest BCUT2D eigenvalue weighted by molar-refractivity contribution is 0.0963. The fourth-order valence-electron chi connectivity index (χ4n) is 2.30. The molecule has 1 aliphatic rings. The molecule has 0 saturated carbocycles. The van der Waals surface area contributed by atoms with Crippen LogP contribution in [0.1, 0.15) is 30.1 Å². The van der Waals surface area contributed by atoms with Crippen LogP contribution in [0, 0.1) is 0 Å². The molecule has 4 nitrogen and oxygen atoms in total. The van der Waals surface area contributed by atoms with Crippen molar-refractivity contribution >= 4 is 11.6 Å². The molecule has 1 fully saturated rings. The molecule has 4 heteroatoms. The van der Waals surface area contributed by atoms with Crippen molar-refractivity contribution in [3.8, 4) is 0 Å². The zero-order valence-electron chi connectivity index (χ0n) is 11.0. The van der Waals surface area contributed by atoms with Gasteiger partial charge in [0.2, 0.25) is 0 Å². The Balaban J connectivity index is 2.03. The van der Waals surface area contributed by atoms with Crippen LogP contribution >= 0.6 is 0 Å². The van der Waals surface area contributed by atoms with Crippen molar-refractivity contribution < 1.29 is 4.79 Å². The van der Waals surface area contributed by atoms with E-state index in [1.165, 1.54) is 0 Å². The minimum Gasteiger partial charge on any atom is -0.380 e. The van der Waals surface area contributed by atoms with Gasteiger partial charge in [-0.05, 0) is 57.1 Å². The summed E-state index contributed by atoms with van der Waals surface area (Å²) in [4.78, 5) is 11.4. The van der Waals surface area contributed by atoms with Crippen LogP contribution in [0.5, 0.6) is 0 Å². The Hall–Kier alpha value is -1.55. The fourth-order valence-corrected chi connectivity index (χ4v) is 2.30. The molecule has 1 saturated heterocycles. The Morgan fingerprint density at radius 1 is 1.22 bits per heavy atom. The number of nitrogens with one attached hydrogen (secondary N) is 3. The summed E-state index contributed by atoms with van der Waals surface area (Å²) in [5.41, 5.74) is 1.92. The van der Waals surface area contributed by atoms with E-state index < -0.39 is 0 Å². The first-order chi connectivity index (χ1) is 8.63. The van der Waals surface area contributed by atoms with E-state index in [1.54, 1.807) is 7.05 Å². The van der Waals surface area contributed by atoms with E-state index in [0.717, 1.165) is 31.6 Å². The first-order valence-electron chi connectivity index (χ1n) is 6.44. The van der Waals surface area contributed by atoms with Crippen LogP contribution in [0.2, 0.25) is 0 Å². The minimum absolute atomic E-state index is 0.0466.